The quantitative estimate of drug-likeness (QED) is 0.839. The third-order valence-corrected chi connectivity index (χ3v) is 4.71. The molecule has 3 rings (SSSR count). The normalized spacial score (nSPS) is 12.8. The van der Waals surface area contributed by atoms with Gasteiger partial charge in [0.05, 0.1) is 0 Å². The van der Waals surface area contributed by atoms with Crippen LogP contribution in [-0.4, -0.2) is 36.9 Å². The van der Waals surface area contributed by atoms with E-state index < -0.39 is 0 Å². The van der Waals surface area contributed by atoms with Gasteiger partial charge in [0.2, 0.25) is 0 Å². The fourth-order valence-electron chi connectivity index (χ4n) is 3.17. The van der Waals surface area contributed by atoms with E-state index in [1.54, 1.807) is 41.1 Å². The number of hydrogen-bond donors (Lipinski definition) is 1. The molecule has 26 heavy (non-hydrogen) atoms. The zero-order valence-electron chi connectivity index (χ0n) is 15.1. The Morgan fingerprint density at radius 3 is 2.58 bits per heavy atom. The first-order chi connectivity index (χ1) is 12.0. The van der Waals surface area contributed by atoms with Crippen molar-refractivity contribution in [2.45, 2.75) is 19.8 Å². The van der Waals surface area contributed by atoms with Crippen molar-refractivity contribution in [2.24, 2.45) is 0 Å². The first-order valence-electron chi connectivity index (χ1n) is 8.57. The molecule has 2 aromatic rings. The second kappa shape index (κ2) is 8.23. The lowest BCUT2D eigenvalue weighted by Gasteiger charge is -2.30. The summed E-state index contributed by atoms with van der Waals surface area (Å²) in [6.07, 6.45) is 1.76. The minimum atomic E-state index is -0.0969. The smallest absolute Gasteiger partial charge is 0.258 e. The summed E-state index contributed by atoms with van der Waals surface area (Å²) in [5.41, 5.74) is 9.74. The molecule has 0 bridgehead atoms. The van der Waals surface area contributed by atoms with E-state index in [0.717, 1.165) is 29.8 Å². The monoisotopic (exact) mass is 373 g/mol. The van der Waals surface area contributed by atoms with Gasteiger partial charge in [0, 0.05) is 42.6 Å². The summed E-state index contributed by atoms with van der Waals surface area (Å²) in [7, 11) is 1.75. The molecule has 1 aliphatic rings. The molecule has 6 heteroatoms. The van der Waals surface area contributed by atoms with Crippen LogP contribution in [0.25, 0.3) is 0 Å². The highest BCUT2D eigenvalue weighted by molar-refractivity contribution is 6.08. The van der Waals surface area contributed by atoms with Crippen LogP contribution in [0.15, 0.2) is 42.5 Å². The van der Waals surface area contributed by atoms with Crippen LogP contribution in [0.5, 0.6) is 0 Å². The zero-order chi connectivity index (χ0) is 18.0. The van der Waals surface area contributed by atoms with Gasteiger partial charge in [0.15, 0.2) is 0 Å². The number of carbonyl (C=O) groups is 2. The number of carbonyl (C=O) groups excluding carboxylic acids is 2. The molecular formula is C20H24ClN3O2. The molecule has 0 saturated carbocycles. The predicted octanol–water partition coefficient (Wildman–Crippen LogP) is 3.38. The number of halogens is 1. The van der Waals surface area contributed by atoms with Crippen LogP contribution in [-0.2, 0) is 6.42 Å². The van der Waals surface area contributed by atoms with Crippen LogP contribution >= 0.6 is 12.4 Å². The Morgan fingerprint density at radius 1 is 1.15 bits per heavy atom. The molecule has 0 saturated heterocycles. The number of benzene rings is 2. The van der Waals surface area contributed by atoms with E-state index in [1.807, 2.05) is 25.1 Å². The largest absolute Gasteiger partial charge is 0.398 e. The van der Waals surface area contributed by atoms with Gasteiger partial charge in [-0.05, 0) is 55.7 Å². The summed E-state index contributed by atoms with van der Waals surface area (Å²) in [6, 6.07) is 12.6. The number of rotatable bonds is 3. The summed E-state index contributed by atoms with van der Waals surface area (Å²) >= 11 is 0. The average molecular weight is 374 g/mol. The van der Waals surface area contributed by atoms with Gasteiger partial charge in [-0.2, -0.15) is 0 Å². The highest BCUT2D eigenvalue weighted by atomic mass is 35.5. The van der Waals surface area contributed by atoms with E-state index >= 15 is 0 Å². The molecule has 2 N–H and O–H groups in total. The van der Waals surface area contributed by atoms with Crippen molar-refractivity contribution < 1.29 is 9.59 Å². The SMILES string of the molecule is CCN(C)C(=O)c1cccc(C(=O)N2CCCc3c(N)cccc32)c1.Cl. The molecular weight excluding hydrogens is 350 g/mol. The standard InChI is InChI=1S/C20H23N3O2.ClH/c1-3-22(2)19(24)14-7-4-8-15(13-14)20(25)23-12-6-9-16-17(21)10-5-11-18(16)23;/h4-5,7-8,10-11,13H,3,6,9,12,21H2,1-2H3;1H. The third kappa shape index (κ3) is 3.68. The van der Waals surface area contributed by atoms with Crippen molar-refractivity contribution in [3.63, 3.8) is 0 Å². The lowest BCUT2D eigenvalue weighted by molar-refractivity contribution is 0.0802. The van der Waals surface area contributed by atoms with Crippen LogP contribution in [0.1, 0.15) is 39.6 Å². The summed E-state index contributed by atoms with van der Waals surface area (Å²) in [5, 5.41) is 0. The molecule has 138 valence electrons. The van der Waals surface area contributed by atoms with Gasteiger partial charge >= 0.3 is 0 Å². The molecule has 0 fully saturated rings. The summed E-state index contributed by atoms with van der Waals surface area (Å²) in [6.45, 7) is 3.19. The molecule has 2 aromatic carbocycles. The second-order valence-electron chi connectivity index (χ2n) is 6.31. The number of nitrogens with two attached hydrogens (primary N) is 1. The first-order valence-corrected chi connectivity index (χ1v) is 8.57. The minimum absolute atomic E-state index is 0. The maximum atomic E-state index is 13.0. The number of anilines is 2. The Bertz CT molecular complexity index is 822. The van der Waals surface area contributed by atoms with Crippen molar-refractivity contribution in [3.05, 3.63) is 59.2 Å². The van der Waals surface area contributed by atoms with Gasteiger partial charge in [-0.15, -0.1) is 12.4 Å². The van der Waals surface area contributed by atoms with Crippen molar-refractivity contribution >= 4 is 35.6 Å². The number of nitrogen functional groups attached to an aromatic ring is 1. The minimum Gasteiger partial charge on any atom is -0.398 e. The maximum absolute atomic E-state index is 13.0. The molecule has 0 aliphatic carbocycles. The van der Waals surface area contributed by atoms with Crippen molar-refractivity contribution in [1.82, 2.24) is 4.90 Å². The van der Waals surface area contributed by atoms with Crippen LogP contribution in [0.4, 0.5) is 11.4 Å². The van der Waals surface area contributed by atoms with Crippen molar-refractivity contribution in [3.8, 4) is 0 Å². The number of hydrogen-bond acceptors (Lipinski definition) is 3. The lowest BCUT2D eigenvalue weighted by atomic mass is 9.98. The highest BCUT2D eigenvalue weighted by Crippen LogP contribution is 2.32. The Labute approximate surface area is 160 Å². The van der Waals surface area contributed by atoms with Crippen molar-refractivity contribution in [1.29, 1.82) is 0 Å². The molecule has 1 aliphatic heterocycles. The van der Waals surface area contributed by atoms with E-state index in [1.165, 1.54) is 0 Å². The van der Waals surface area contributed by atoms with E-state index in [0.29, 0.717) is 24.2 Å². The van der Waals surface area contributed by atoms with Crippen LogP contribution in [0.3, 0.4) is 0 Å². The van der Waals surface area contributed by atoms with Gasteiger partial charge in [-0.1, -0.05) is 12.1 Å². The Kier molecular flexibility index (Phi) is 6.27. The van der Waals surface area contributed by atoms with E-state index in [4.69, 9.17) is 5.73 Å². The lowest BCUT2D eigenvalue weighted by Crippen LogP contribution is -2.36. The molecule has 0 radical (unpaired) electrons. The average Bonchev–Trinajstić information content (AvgIpc) is 2.66. The van der Waals surface area contributed by atoms with Gasteiger partial charge in [0.1, 0.15) is 0 Å². The number of nitrogens with zero attached hydrogens (tertiary/aromatic N) is 2. The summed E-state index contributed by atoms with van der Waals surface area (Å²) in [4.78, 5) is 28.8. The maximum Gasteiger partial charge on any atom is 0.258 e. The molecule has 0 spiro atoms. The Balaban J connectivity index is 0.00000243. The third-order valence-electron chi connectivity index (χ3n) is 4.71. The molecule has 0 atom stereocenters. The summed E-state index contributed by atoms with van der Waals surface area (Å²) in [5.74, 6) is -0.180. The van der Waals surface area contributed by atoms with E-state index in [-0.39, 0.29) is 24.2 Å². The van der Waals surface area contributed by atoms with E-state index in [2.05, 4.69) is 0 Å². The molecule has 1 heterocycles. The first kappa shape index (κ1) is 19.8. The van der Waals surface area contributed by atoms with Crippen molar-refractivity contribution in [2.75, 3.05) is 30.8 Å². The van der Waals surface area contributed by atoms with Crippen LogP contribution in [0.2, 0.25) is 0 Å². The van der Waals surface area contributed by atoms with Crippen LogP contribution < -0.4 is 10.6 Å². The molecule has 5 nitrogen and oxygen atoms in total. The predicted molar refractivity (Wildman–Crippen MR) is 107 cm³/mol. The van der Waals surface area contributed by atoms with Gasteiger partial charge in [0.25, 0.3) is 11.8 Å². The zero-order valence-corrected chi connectivity index (χ0v) is 15.9. The molecule has 2 amide bonds. The van der Waals surface area contributed by atoms with Gasteiger partial charge in [-0.25, -0.2) is 0 Å². The highest BCUT2D eigenvalue weighted by Gasteiger charge is 2.25. The Hall–Kier alpha value is -2.53. The van der Waals surface area contributed by atoms with E-state index in [9.17, 15) is 9.59 Å². The van der Waals surface area contributed by atoms with Crippen LogP contribution in [0, 0.1) is 0 Å². The number of amides is 2. The fraction of sp³-hybridized carbons (Fsp3) is 0.300. The molecule has 0 aromatic heterocycles. The fourth-order valence-corrected chi connectivity index (χ4v) is 3.17. The topological polar surface area (TPSA) is 66.6 Å². The van der Waals surface area contributed by atoms with Gasteiger partial charge < -0.3 is 15.5 Å². The number of fused-ring (bicyclic) bond motifs is 1. The Morgan fingerprint density at radius 2 is 1.85 bits per heavy atom. The second-order valence-corrected chi connectivity index (χ2v) is 6.31. The molecule has 0 unspecified atom stereocenters. The summed E-state index contributed by atoms with van der Waals surface area (Å²) < 4.78 is 0. The van der Waals surface area contributed by atoms with Gasteiger partial charge in [-0.3, -0.25) is 9.59 Å².